The van der Waals surface area contributed by atoms with E-state index in [1.165, 1.54) is 0 Å². The van der Waals surface area contributed by atoms with Gasteiger partial charge in [-0.15, -0.1) is 0 Å². The summed E-state index contributed by atoms with van der Waals surface area (Å²) in [6.07, 6.45) is 1.10. The van der Waals surface area contributed by atoms with Gasteiger partial charge in [0.15, 0.2) is 0 Å². The Labute approximate surface area is 111 Å². The van der Waals surface area contributed by atoms with Crippen LogP contribution in [0.2, 0.25) is 15.1 Å². The fourth-order valence-corrected chi connectivity index (χ4v) is 1.74. The molecule has 1 rings (SSSR count). The number of benzene rings is 1. The number of hydrogen-bond acceptors (Lipinski definition) is 2. The second-order valence-corrected chi connectivity index (χ2v) is 4.52. The molecule has 90 valence electrons. The Kier molecular flexibility index (Phi) is 6.29. The molecule has 0 aliphatic rings. The summed E-state index contributed by atoms with van der Waals surface area (Å²) < 4.78 is 5.48. The van der Waals surface area contributed by atoms with Crippen LogP contribution in [0.5, 0.6) is 5.75 Å². The fourth-order valence-electron chi connectivity index (χ4n) is 1.15. The van der Waals surface area contributed by atoms with E-state index in [4.69, 9.17) is 39.5 Å². The van der Waals surface area contributed by atoms with Crippen LogP contribution in [0.25, 0.3) is 0 Å². The second kappa shape index (κ2) is 7.23. The molecule has 0 unspecified atom stereocenters. The summed E-state index contributed by atoms with van der Waals surface area (Å²) in [5.74, 6) is 0.564. The van der Waals surface area contributed by atoms with E-state index in [-0.39, 0.29) is 0 Å². The van der Waals surface area contributed by atoms with Crippen molar-refractivity contribution >= 4 is 34.8 Å². The third kappa shape index (κ3) is 4.38. The first-order valence-corrected chi connectivity index (χ1v) is 6.26. The lowest BCUT2D eigenvalue weighted by Crippen LogP contribution is -2.21. The van der Waals surface area contributed by atoms with Gasteiger partial charge in [-0.3, -0.25) is 0 Å². The molecule has 0 aromatic heterocycles. The smallest absolute Gasteiger partial charge is 0.139 e. The molecule has 1 N–H and O–H groups in total. The van der Waals surface area contributed by atoms with Crippen molar-refractivity contribution in [1.82, 2.24) is 5.32 Å². The molecule has 0 fully saturated rings. The molecule has 0 aliphatic heterocycles. The van der Waals surface area contributed by atoms with Crippen molar-refractivity contribution in [3.63, 3.8) is 0 Å². The first kappa shape index (κ1) is 13.9. The van der Waals surface area contributed by atoms with Crippen molar-refractivity contribution in [3.05, 3.63) is 27.2 Å². The zero-order chi connectivity index (χ0) is 12.0. The Bertz CT molecular complexity index is 344. The van der Waals surface area contributed by atoms with Crippen molar-refractivity contribution in [2.45, 2.75) is 13.3 Å². The molecule has 0 bridgehead atoms. The summed E-state index contributed by atoms with van der Waals surface area (Å²) in [4.78, 5) is 0. The van der Waals surface area contributed by atoms with E-state index in [9.17, 15) is 0 Å². The van der Waals surface area contributed by atoms with Crippen LogP contribution < -0.4 is 10.1 Å². The van der Waals surface area contributed by atoms with Crippen LogP contribution in [0.15, 0.2) is 12.1 Å². The van der Waals surface area contributed by atoms with Crippen LogP contribution in [0, 0.1) is 0 Å². The summed E-state index contributed by atoms with van der Waals surface area (Å²) in [6.45, 7) is 4.43. The van der Waals surface area contributed by atoms with Gasteiger partial charge in [-0.2, -0.15) is 0 Å². The molecule has 2 nitrogen and oxygen atoms in total. The van der Waals surface area contributed by atoms with Crippen molar-refractivity contribution in [1.29, 1.82) is 0 Å². The Morgan fingerprint density at radius 1 is 1.06 bits per heavy atom. The second-order valence-electron chi connectivity index (χ2n) is 3.30. The molecule has 0 saturated carbocycles. The van der Waals surface area contributed by atoms with Gasteiger partial charge >= 0.3 is 0 Å². The minimum Gasteiger partial charge on any atom is -0.491 e. The van der Waals surface area contributed by atoms with Gasteiger partial charge < -0.3 is 10.1 Å². The molecular weight excluding hydrogens is 268 g/mol. The molecular formula is C11H14Cl3NO. The topological polar surface area (TPSA) is 21.3 Å². The molecule has 0 saturated heterocycles. The minimum atomic E-state index is 0.433. The van der Waals surface area contributed by atoms with E-state index in [0.29, 0.717) is 27.4 Å². The van der Waals surface area contributed by atoms with E-state index >= 15 is 0 Å². The molecule has 0 aliphatic carbocycles. The summed E-state index contributed by atoms with van der Waals surface area (Å²) in [5.41, 5.74) is 0. The van der Waals surface area contributed by atoms with E-state index in [1.54, 1.807) is 12.1 Å². The highest BCUT2D eigenvalue weighted by Crippen LogP contribution is 2.33. The fraction of sp³-hybridized carbons (Fsp3) is 0.455. The van der Waals surface area contributed by atoms with Gasteiger partial charge in [0.25, 0.3) is 0 Å². The maximum absolute atomic E-state index is 5.95. The normalized spacial score (nSPS) is 10.5. The monoisotopic (exact) mass is 281 g/mol. The van der Waals surface area contributed by atoms with Gasteiger partial charge in [0.2, 0.25) is 0 Å². The van der Waals surface area contributed by atoms with Gasteiger partial charge in [-0.1, -0.05) is 41.7 Å². The van der Waals surface area contributed by atoms with E-state index in [0.717, 1.165) is 19.5 Å². The molecule has 16 heavy (non-hydrogen) atoms. The predicted octanol–water partition coefficient (Wildman–Crippen LogP) is 4.03. The van der Waals surface area contributed by atoms with Crippen LogP contribution in [-0.4, -0.2) is 19.7 Å². The number of nitrogens with one attached hydrogen (secondary N) is 1. The average molecular weight is 283 g/mol. The third-order valence-electron chi connectivity index (χ3n) is 1.94. The van der Waals surface area contributed by atoms with Crippen LogP contribution in [0.1, 0.15) is 13.3 Å². The predicted molar refractivity (Wildman–Crippen MR) is 70.1 cm³/mol. The number of rotatable bonds is 6. The Morgan fingerprint density at radius 3 is 2.44 bits per heavy atom. The number of halogens is 3. The molecule has 0 atom stereocenters. The van der Waals surface area contributed by atoms with Crippen LogP contribution in [0.4, 0.5) is 0 Å². The largest absolute Gasteiger partial charge is 0.491 e. The van der Waals surface area contributed by atoms with E-state index < -0.39 is 0 Å². The lowest BCUT2D eigenvalue weighted by atomic mass is 10.3. The summed E-state index contributed by atoms with van der Waals surface area (Å²) >= 11 is 17.6. The molecule has 0 spiro atoms. The van der Waals surface area contributed by atoms with Crippen molar-refractivity contribution in [2.24, 2.45) is 0 Å². The highest BCUT2D eigenvalue weighted by atomic mass is 35.5. The number of hydrogen-bond donors (Lipinski definition) is 1. The van der Waals surface area contributed by atoms with E-state index in [1.807, 2.05) is 0 Å². The molecule has 0 heterocycles. The quantitative estimate of drug-likeness (QED) is 0.628. The molecule has 0 radical (unpaired) electrons. The lowest BCUT2D eigenvalue weighted by Gasteiger charge is -2.09. The maximum atomic E-state index is 5.95. The molecule has 1 aromatic rings. The standard InChI is InChI=1S/C11H14Cl3NO/c1-2-3-15-4-5-16-11-7-9(13)8(12)6-10(11)14/h6-7,15H,2-5H2,1H3. The summed E-state index contributed by atoms with van der Waals surface area (Å²) in [5, 5.41) is 4.58. The van der Waals surface area contributed by atoms with Crippen molar-refractivity contribution in [2.75, 3.05) is 19.7 Å². The highest BCUT2D eigenvalue weighted by molar-refractivity contribution is 6.43. The SMILES string of the molecule is CCCNCCOc1cc(Cl)c(Cl)cc1Cl. The summed E-state index contributed by atoms with van der Waals surface area (Å²) in [7, 11) is 0. The molecule has 1 aromatic carbocycles. The molecule has 0 amide bonds. The lowest BCUT2D eigenvalue weighted by molar-refractivity contribution is 0.314. The zero-order valence-electron chi connectivity index (χ0n) is 9.03. The zero-order valence-corrected chi connectivity index (χ0v) is 11.3. The average Bonchev–Trinajstić information content (AvgIpc) is 2.25. The Balaban J connectivity index is 2.45. The maximum Gasteiger partial charge on any atom is 0.139 e. The third-order valence-corrected chi connectivity index (χ3v) is 2.96. The van der Waals surface area contributed by atoms with Gasteiger partial charge in [0.1, 0.15) is 12.4 Å². The van der Waals surface area contributed by atoms with E-state index in [2.05, 4.69) is 12.2 Å². The van der Waals surface area contributed by atoms with Gasteiger partial charge in [-0.25, -0.2) is 0 Å². The first-order chi connectivity index (χ1) is 7.65. The Morgan fingerprint density at radius 2 is 1.75 bits per heavy atom. The van der Waals surface area contributed by atoms with Gasteiger partial charge in [0, 0.05) is 12.6 Å². The van der Waals surface area contributed by atoms with Crippen molar-refractivity contribution < 1.29 is 4.74 Å². The first-order valence-electron chi connectivity index (χ1n) is 5.13. The summed E-state index contributed by atoms with van der Waals surface area (Å²) in [6, 6.07) is 3.21. The minimum absolute atomic E-state index is 0.433. The Hall–Kier alpha value is -0.150. The molecule has 5 heteroatoms. The number of ether oxygens (including phenoxy) is 1. The van der Waals surface area contributed by atoms with Crippen LogP contribution in [-0.2, 0) is 0 Å². The van der Waals surface area contributed by atoms with Gasteiger partial charge in [0.05, 0.1) is 15.1 Å². The van der Waals surface area contributed by atoms with Gasteiger partial charge in [-0.05, 0) is 19.0 Å². The van der Waals surface area contributed by atoms with Crippen LogP contribution >= 0.6 is 34.8 Å². The van der Waals surface area contributed by atoms with Crippen molar-refractivity contribution in [3.8, 4) is 5.75 Å². The van der Waals surface area contributed by atoms with Crippen LogP contribution in [0.3, 0.4) is 0 Å². The highest BCUT2D eigenvalue weighted by Gasteiger charge is 2.06.